The van der Waals surface area contributed by atoms with Crippen LogP contribution in [0.25, 0.3) is 0 Å². The van der Waals surface area contributed by atoms with E-state index in [9.17, 15) is 0 Å². The van der Waals surface area contributed by atoms with E-state index < -0.39 is 0 Å². The summed E-state index contributed by atoms with van der Waals surface area (Å²) in [5.74, 6) is 0. The molecule has 66 valence electrons. The van der Waals surface area contributed by atoms with Crippen LogP contribution >= 0.6 is 11.3 Å². The Morgan fingerprint density at radius 2 is 2.08 bits per heavy atom. The van der Waals surface area contributed by atoms with E-state index >= 15 is 0 Å². The van der Waals surface area contributed by atoms with Gasteiger partial charge in [0.25, 0.3) is 0 Å². The monoisotopic (exact) mass is 183 g/mol. The molecule has 3 nitrogen and oxygen atoms in total. The fourth-order valence-corrected chi connectivity index (χ4v) is 1.43. The Balaban J connectivity index is 2.77. The average Bonchev–Trinajstić information content (AvgIpc) is 2.28. The van der Waals surface area contributed by atoms with Crippen LogP contribution in [0.3, 0.4) is 0 Å². The first kappa shape index (κ1) is 9.19. The van der Waals surface area contributed by atoms with Crippen LogP contribution in [0, 0.1) is 13.8 Å². The van der Waals surface area contributed by atoms with Gasteiger partial charge >= 0.3 is 0 Å². The Bertz CT molecular complexity index is 269. The highest BCUT2D eigenvalue weighted by atomic mass is 32.1. The summed E-state index contributed by atoms with van der Waals surface area (Å²) in [6.45, 7) is 4.06. The molecule has 1 aromatic heterocycles. The summed E-state index contributed by atoms with van der Waals surface area (Å²) in [5.41, 5.74) is 1.07. The van der Waals surface area contributed by atoms with Crippen LogP contribution in [0.5, 0.6) is 0 Å². The van der Waals surface area contributed by atoms with E-state index in [0.29, 0.717) is 0 Å². The zero-order valence-corrected chi connectivity index (χ0v) is 8.64. The lowest BCUT2D eigenvalue weighted by atomic mass is 10.4. The zero-order valence-electron chi connectivity index (χ0n) is 7.83. The summed E-state index contributed by atoms with van der Waals surface area (Å²) in [6, 6.07) is 0. The van der Waals surface area contributed by atoms with Crippen molar-refractivity contribution in [1.82, 2.24) is 9.88 Å². The molecule has 0 radical (unpaired) electrons. The molecule has 0 N–H and O–H groups in total. The maximum absolute atomic E-state index is 4.28. The summed E-state index contributed by atoms with van der Waals surface area (Å²) >= 11 is 1.62. The third-order valence-corrected chi connectivity index (χ3v) is 2.40. The first-order valence-corrected chi connectivity index (χ1v) is 4.56. The van der Waals surface area contributed by atoms with Crippen LogP contribution in [0.2, 0.25) is 0 Å². The van der Waals surface area contributed by atoms with Crippen LogP contribution in [0.15, 0.2) is 4.99 Å². The minimum absolute atomic E-state index is 0.832. The van der Waals surface area contributed by atoms with Gasteiger partial charge in [0.1, 0.15) is 0 Å². The Morgan fingerprint density at radius 1 is 1.42 bits per heavy atom. The highest BCUT2D eigenvalue weighted by Crippen LogP contribution is 2.23. The number of rotatable bonds is 2. The molecular weight excluding hydrogens is 170 g/mol. The molecule has 1 rings (SSSR count). The molecule has 0 saturated carbocycles. The molecule has 0 atom stereocenters. The maximum Gasteiger partial charge on any atom is 0.210 e. The number of aliphatic imine (C=N–C) groups is 1. The molecule has 0 unspecified atom stereocenters. The van der Waals surface area contributed by atoms with Crippen molar-refractivity contribution in [2.24, 2.45) is 4.99 Å². The van der Waals surface area contributed by atoms with Gasteiger partial charge in [-0.15, -0.1) is 0 Å². The number of aromatic nitrogens is 1. The SMILES string of the molecule is Cc1nc(/N=C\N(C)C)sc1C. The van der Waals surface area contributed by atoms with Gasteiger partial charge in [-0.1, -0.05) is 11.3 Å². The van der Waals surface area contributed by atoms with Crippen molar-refractivity contribution in [1.29, 1.82) is 0 Å². The Hall–Kier alpha value is -0.900. The molecule has 12 heavy (non-hydrogen) atoms. The van der Waals surface area contributed by atoms with E-state index in [2.05, 4.69) is 16.9 Å². The first-order chi connectivity index (χ1) is 5.59. The van der Waals surface area contributed by atoms with E-state index in [1.807, 2.05) is 25.9 Å². The second-order valence-corrected chi connectivity index (χ2v) is 4.03. The van der Waals surface area contributed by atoms with Gasteiger partial charge < -0.3 is 4.90 Å². The maximum atomic E-state index is 4.28. The molecule has 0 aliphatic rings. The molecule has 1 aromatic rings. The lowest BCUT2D eigenvalue weighted by Crippen LogP contribution is -2.06. The lowest BCUT2D eigenvalue weighted by molar-refractivity contribution is 0.643. The zero-order chi connectivity index (χ0) is 9.14. The van der Waals surface area contributed by atoms with Crippen LogP contribution in [-0.2, 0) is 0 Å². The van der Waals surface area contributed by atoms with Crippen LogP contribution in [-0.4, -0.2) is 30.3 Å². The molecule has 0 aliphatic heterocycles. The van der Waals surface area contributed by atoms with Gasteiger partial charge in [0.15, 0.2) is 0 Å². The molecule has 0 aromatic carbocycles. The van der Waals surface area contributed by atoms with Gasteiger partial charge in [-0.05, 0) is 13.8 Å². The number of hydrogen-bond donors (Lipinski definition) is 0. The fourth-order valence-electron chi connectivity index (χ4n) is 0.676. The predicted molar refractivity (Wildman–Crippen MR) is 53.4 cm³/mol. The van der Waals surface area contributed by atoms with Crippen molar-refractivity contribution in [3.63, 3.8) is 0 Å². The van der Waals surface area contributed by atoms with E-state index in [1.165, 1.54) is 4.88 Å². The largest absolute Gasteiger partial charge is 0.369 e. The third-order valence-electron chi connectivity index (χ3n) is 1.42. The standard InChI is InChI=1S/C8H13N3S/c1-6-7(2)12-8(10-6)9-5-11(3)4/h5H,1-4H3/b9-5-. The van der Waals surface area contributed by atoms with E-state index in [0.717, 1.165) is 10.8 Å². The van der Waals surface area contributed by atoms with E-state index in [4.69, 9.17) is 0 Å². The highest BCUT2D eigenvalue weighted by molar-refractivity contribution is 7.15. The van der Waals surface area contributed by atoms with Crippen molar-refractivity contribution in [3.05, 3.63) is 10.6 Å². The summed E-state index contributed by atoms with van der Waals surface area (Å²) in [4.78, 5) is 11.6. The van der Waals surface area contributed by atoms with Crippen molar-refractivity contribution in [2.75, 3.05) is 14.1 Å². The minimum Gasteiger partial charge on any atom is -0.369 e. The Morgan fingerprint density at radius 3 is 2.50 bits per heavy atom. The number of nitrogens with zero attached hydrogens (tertiary/aromatic N) is 3. The third kappa shape index (κ3) is 2.30. The molecular formula is C8H13N3S. The topological polar surface area (TPSA) is 28.5 Å². The molecule has 1 heterocycles. The second-order valence-electron chi connectivity index (χ2n) is 2.85. The van der Waals surface area contributed by atoms with Crippen LogP contribution in [0.1, 0.15) is 10.6 Å². The lowest BCUT2D eigenvalue weighted by Gasteiger charge is -1.99. The minimum atomic E-state index is 0.832. The Kier molecular flexibility index (Phi) is 2.81. The number of aryl methyl sites for hydroxylation is 2. The van der Waals surface area contributed by atoms with Crippen molar-refractivity contribution >= 4 is 22.8 Å². The number of hydrogen-bond acceptors (Lipinski definition) is 3. The molecule has 0 amide bonds. The predicted octanol–water partition coefficient (Wildman–Crippen LogP) is 1.98. The Labute approximate surface area is 76.8 Å². The van der Waals surface area contributed by atoms with Crippen molar-refractivity contribution in [3.8, 4) is 0 Å². The van der Waals surface area contributed by atoms with Gasteiger partial charge in [0.05, 0.1) is 12.0 Å². The molecule has 4 heteroatoms. The molecule has 0 spiro atoms. The molecule has 0 fully saturated rings. The van der Waals surface area contributed by atoms with Crippen LogP contribution in [0.4, 0.5) is 5.13 Å². The summed E-state index contributed by atoms with van der Waals surface area (Å²) in [7, 11) is 3.88. The fraction of sp³-hybridized carbons (Fsp3) is 0.500. The van der Waals surface area contributed by atoms with E-state index in [1.54, 1.807) is 17.7 Å². The molecule has 0 saturated heterocycles. The van der Waals surface area contributed by atoms with Gasteiger partial charge in [-0.3, -0.25) is 0 Å². The van der Waals surface area contributed by atoms with Crippen molar-refractivity contribution in [2.45, 2.75) is 13.8 Å². The summed E-state index contributed by atoms with van der Waals surface area (Å²) < 4.78 is 0. The summed E-state index contributed by atoms with van der Waals surface area (Å²) in [6.07, 6.45) is 1.76. The number of thiazole rings is 1. The van der Waals surface area contributed by atoms with Gasteiger partial charge in [-0.25, -0.2) is 9.98 Å². The molecule has 0 aliphatic carbocycles. The van der Waals surface area contributed by atoms with E-state index in [-0.39, 0.29) is 0 Å². The molecule has 0 bridgehead atoms. The van der Waals surface area contributed by atoms with Gasteiger partial charge in [-0.2, -0.15) is 0 Å². The normalized spacial score (nSPS) is 11.0. The first-order valence-electron chi connectivity index (χ1n) is 3.74. The smallest absolute Gasteiger partial charge is 0.210 e. The summed E-state index contributed by atoms with van der Waals surface area (Å²) in [5, 5.41) is 0.832. The van der Waals surface area contributed by atoms with Gasteiger partial charge in [0, 0.05) is 19.0 Å². The quantitative estimate of drug-likeness (QED) is 0.518. The van der Waals surface area contributed by atoms with Gasteiger partial charge in [0.2, 0.25) is 5.13 Å². The van der Waals surface area contributed by atoms with Crippen LogP contribution < -0.4 is 0 Å². The highest BCUT2D eigenvalue weighted by Gasteiger charge is 1.99. The average molecular weight is 183 g/mol. The second kappa shape index (κ2) is 3.67. The van der Waals surface area contributed by atoms with Crippen molar-refractivity contribution < 1.29 is 0 Å².